The van der Waals surface area contributed by atoms with E-state index >= 15 is 0 Å². The average Bonchev–Trinajstić information content (AvgIpc) is 3.04. The molecule has 0 aliphatic carbocycles. The molecule has 1 aromatic carbocycles. The zero-order valence-electron chi connectivity index (χ0n) is 14.8. The lowest BCUT2D eigenvalue weighted by Gasteiger charge is -2.14. The molecule has 0 radical (unpaired) electrons. The van der Waals surface area contributed by atoms with E-state index in [-0.39, 0.29) is 28.9 Å². The Labute approximate surface area is 165 Å². The summed E-state index contributed by atoms with van der Waals surface area (Å²) in [5.74, 6) is -2.12. The van der Waals surface area contributed by atoms with E-state index < -0.39 is 23.8 Å². The summed E-state index contributed by atoms with van der Waals surface area (Å²) in [4.78, 5) is 40.6. The highest BCUT2D eigenvalue weighted by Gasteiger charge is 2.34. The first-order valence-corrected chi connectivity index (χ1v) is 8.68. The number of amides is 1. The fraction of sp³-hybridized carbons (Fsp3) is 0.158. The van der Waals surface area contributed by atoms with Crippen LogP contribution < -0.4 is 10.6 Å². The molecule has 3 rings (SSSR count). The molecule has 0 fully saturated rings. The summed E-state index contributed by atoms with van der Waals surface area (Å²) < 4.78 is 10.4. The summed E-state index contributed by atoms with van der Waals surface area (Å²) >= 11 is 5.89. The van der Waals surface area contributed by atoms with Gasteiger partial charge < -0.3 is 20.1 Å². The van der Waals surface area contributed by atoms with Crippen molar-refractivity contribution in [1.29, 1.82) is 0 Å². The summed E-state index contributed by atoms with van der Waals surface area (Å²) in [5.41, 5.74) is 0.639. The second kappa shape index (κ2) is 8.53. The molecule has 144 valence electrons. The van der Waals surface area contributed by atoms with E-state index in [2.05, 4.69) is 15.6 Å². The molecule has 1 aromatic heterocycles. The van der Waals surface area contributed by atoms with Crippen molar-refractivity contribution in [1.82, 2.24) is 4.98 Å². The molecule has 1 amide bonds. The van der Waals surface area contributed by atoms with E-state index in [0.29, 0.717) is 5.69 Å². The predicted molar refractivity (Wildman–Crippen MR) is 101 cm³/mol. The van der Waals surface area contributed by atoms with Gasteiger partial charge in [0.15, 0.2) is 23.4 Å². The topological polar surface area (TPSA) is 107 Å². The number of nitrogens with one attached hydrogen (secondary N) is 2. The molecule has 1 atom stereocenters. The van der Waals surface area contributed by atoms with Gasteiger partial charge in [-0.15, -0.1) is 0 Å². The molecular formula is C19H16ClN3O5. The van der Waals surface area contributed by atoms with Crippen LogP contribution in [0.3, 0.4) is 0 Å². The number of aromatic nitrogens is 1. The molecule has 1 aliphatic rings. The summed E-state index contributed by atoms with van der Waals surface area (Å²) in [6, 6.07) is 12.0. The van der Waals surface area contributed by atoms with Crippen molar-refractivity contribution in [2.24, 2.45) is 0 Å². The van der Waals surface area contributed by atoms with Crippen molar-refractivity contribution in [2.75, 3.05) is 17.2 Å². The van der Waals surface area contributed by atoms with Crippen LogP contribution in [0.1, 0.15) is 6.92 Å². The number of pyridine rings is 1. The number of carbonyl (C=O) groups is 3. The molecule has 8 nitrogen and oxygen atoms in total. The second-order valence-electron chi connectivity index (χ2n) is 5.79. The average molecular weight is 402 g/mol. The first-order chi connectivity index (χ1) is 13.5. The minimum absolute atomic E-state index is 0.0101. The van der Waals surface area contributed by atoms with E-state index in [1.807, 2.05) is 6.07 Å². The van der Waals surface area contributed by atoms with Crippen LogP contribution in [0.2, 0.25) is 5.15 Å². The molecule has 2 aromatic rings. The van der Waals surface area contributed by atoms with E-state index in [9.17, 15) is 14.4 Å². The van der Waals surface area contributed by atoms with Gasteiger partial charge in [-0.2, -0.15) is 0 Å². The third kappa shape index (κ3) is 4.47. The van der Waals surface area contributed by atoms with Gasteiger partial charge in [0, 0.05) is 11.9 Å². The molecule has 2 heterocycles. The minimum atomic E-state index is -1.18. The third-order valence-corrected chi connectivity index (χ3v) is 4.06. The van der Waals surface area contributed by atoms with Crippen LogP contribution in [0.15, 0.2) is 60.1 Å². The first-order valence-electron chi connectivity index (χ1n) is 8.30. The SMILES string of the molecule is C[C@H](OC(=O)C1=C(Nc2ccccc2)OCC1=O)C(=O)Nc1cccnc1Cl. The van der Waals surface area contributed by atoms with E-state index in [1.54, 1.807) is 36.4 Å². The number of hydrogen-bond donors (Lipinski definition) is 2. The molecule has 0 saturated carbocycles. The number of rotatable bonds is 6. The van der Waals surface area contributed by atoms with Crippen LogP contribution in [0.4, 0.5) is 11.4 Å². The molecule has 1 aliphatic heterocycles. The number of ketones is 1. The van der Waals surface area contributed by atoms with Crippen molar-refractivity contribution in [3.8, 4) is 0 Å². The van der Waals surface area contributed by atoms with Crippen molar-refractivity contribution >= 4 is 40.6 Å². The summed E-state index contributed by atoms with van der Waals surface area (Å²) in [5, 5.41) is 5.47. The number of anilines is 2. The van der Waals surface area contributed by atoms with Gasteiger partial charge in [-0.1, -0.05) is 29.8 Å². The van der Waals surface area contributed by atoms with Crippen molar-refractivity contribution in [2.45, 2.75) is 13.0 Å². The quantitative estimate of drug-likeness (QED) is 0.435. The van der Waals surface area contributed by atoms with E-state index in [1.165, 1.54) is 13.1 Å². The van der Waals surface area contributed by atoms with Gasteiger partial charge in [-0.3, -0.25) is 9.59 Å². The fourth-order valence-corrected chi connectivity index (χ4v) is 2.52. The molecular weight excluding hydrogens is 386 g/mol. The Kier molecular flexibility index (Phi) is 5.90. The third-order valence-electron chi connectivity index (χ3n) is 3.76. The number of hydrogen-bond acceptors (Lipinski definition) is 7. The number of halogens is 1. The second-order valence-corrected chi connectivity index (χ2v) is 6.14. The summed E-state index contributed by atoms with van der Waals surface area (Å²) in [7, 11) is 0. The standard InChI is InChI=1S/C19H16ClN3O5/c1-11(17(25)23-13-8-5-9-21-16(13)20)28-19(26)15-14(24)10-27-18(15)22-12-6-3-2-4-7-12/h2-9,11,22H,10H2,1H3,(H,23,25)/t11-/m0/s1. The summed E-state index contributed by atoms with van der Waals surface area (Å²) in [6.07, 6.45) is 0.295. The Morgan fingerprint density at radius 1 is 1.21 bits per heavy atom. The van der Waals surface area contributed by atoms with E-state index in [4.69, 9.17) is 21.1 Å². The van der Waals surface area contributed by atoms with Gasteiger partial charge in [0.25, 0.3) is 5.91 Å². The van der Waals surface area contributed by atoms with Gasteiger partial charge in [0.2, 0.25) is 11.7 Å². The maximum absolute atomic E-state index is 12.5. The zero-order chi connectivity index (χ0) is 20.1. The number of nitrogens with zero attached hydrogens (tertiary/aromatic N) is 1. The molecule has 0 unspecified atom stereocenters. The zero-order valence-corrected chi connectivity index (χ0v) is 15.5. The highest BCUT2D eigenvalue weighted by molar-refractivity contribution is 6.32. The number of carbonyl (C=O) groups excluding carboxylic acids is 3. The van der Waals surface area contributed by atoms with Crippen LogP contribution in [0.5, 0.6) is 0 Å². The lowest BCUT2D eigenvalue weighted by molar-refractivity contribution is -0.150. The van der Waals surface area contributed by atoms with Crippen LogP contribution in [-0.2, 0) is 23.9 Å². The van der Waals surface area contributed by atoms with E-state index in [0.717, 1.165) is 0 Å². The highest BCUT2D eigenvalue weighted by atomic mass is 35.5. The van der Waals surface area contributed by atoms with Gasteiger partial charge >= 0.3 is 5.97 Å². The van der Waals surface area contributed by atoms with Crippen molar-refractivity contribution < 1.29 is 23.9 Å². The lowest BCUT2D eigenvalue weighted by atomic mass is 10.2. The maximum Gasteiger partial charge on any atom is 0.348 e. The monoisotopic (exact) mass is 401 g/mol. The van der Waals surface area contributed by atoms with Crippen LogP contribution in [0, 0.1) is 0 Å². The predicted octanol–water partition coefficient (Wildman–Crippen LogP) is 2.53. The molecule has 0 bridgehead atoms. The van der Waals surface area contributed by atoms with Crippen LogP contribution in [-0.4, -0.2) is 35.4 Å². The van der Waals surface area contributed by atoms with Crippen molar-refractivity contribution in [3.63, 3.8) is 0 Å². The number of benzene rings is 1. The van der Waals surface area contributed by atoms with Crippen molar-refractivity contribution in [3.05, 3.63) is 65.3 Å². The minimum Gasteiger partial charge on any atom is -0.470 e. The lowest BCUT2D eigenvalue weighted by Crippen LogP contribution is -2.31. The number of para-hydroxylation sites is 1. The molecule has 0 saturated heterocycles. The number of Topliss-reactive ketones (excluding diaryl/α,β-unsaturated/α-hetero) is 1. The normalized spacial score (nSPS) is 14.3. The smallest absolute Gasteiger partial charge is 0.348 e. The Morgan fingerprint density at radius 3 is 2.68 bits per heavy atom. The van der Waals surface area contributed by atoms with Gasteiger partial charge in [0.1, 0.15) is 0 Å². The van der Waals surface area contributed by atoms with Gasteiger partial charge in [0.05, 0.1) is 5.69 Å². The Bertz CT molecular complexity index is 946. The largest absolute Gasteiger partial charge is 0.470 e. The van der Waals surface area contributed by atoms with Crippen LogP contribution in [0.25, 0.3) is 0 Å². The number of ether oxygens (including phenoxy) is 2. The van der Waals surface area contributed by atoms with Gasteiger partial charge in [-0.05, 0) is 31.2 Å². The van der Waals surface area contributed by atoms with Gasteiger partial charge in [-0.25, -0.2) is 9.78 Å². The molecule has 9 heteroatoms. The first kappa shape index (κ1) is 19.4. The Balaban J connectivity index is 1.69. The molecule has 0 spiro atoms. The Hall–Kier alpha value is -3.39. The number of esters is 1. The molecule has 2 N–H and O–H groups in total. The molecule has 28 heavy (non-hydrogen) atoms. The maximum atomic E-state index is 12.5. The Morgan fingerprint density at radius 2 is 1.96 bits per heavy atom. The fourth-order valence-electron chi connectivity index (χ4n) is 2.35. The van der Waals surface area contributed by atoms with Crippen LogP contribution >= 0.6 is 11.6 Å². The summed E-state index contributed by atoms with van der Waals surface area (Å²) in [6.45, 7) is 1.09. The highest BCUT2D eigenvalue weighted by Crippen LogP contribution is 2.22.